The van der Waals surface area contributed by atoms with Gasteiger partial charge in [0.2, 0.25) is 0 Å². The number of rotatable bonds is 2. The Morgan fingerprint density at radius 3 is 2.30 bits per heavy atom. The van der Waals surface area contributed by atoms with E-state index in [1.807, 2.05) is 42.5 Å². The van der Waals surface area contributed by atoms with Crippen molar-refractivity contribution in [3.05, 3.63) is 73.3 Å². The van der Waals surface area contributed by atoms with Gasteiger partial charge in [-0.25, -0.2) is 4.79 Å². The molecule has 0 amide bonds. The van der Waals surface area contributed by atoms with Gasteiger partial charge in [0, 0.05) is 36.8 Å². The SMILES string of the molecule is C=CCc1ccccn1.CC(=O)[n+]1ccccc1.CCl. The topological polar surface area (TPSA) is 33.8 Å². The number of carbonyl (C=O) groups is 1. The van der Waals surface area contributed by atoms with Crippen LogP contribution in [0.3, 0.4) is 0 Å². The van der Waals surface area contributed by atoms with Crippen LogP contribution in [0.2, 0.25) is 0 Å². The second-order valence-electron chi connectivity index (χ2n) is 3.62. The molecule has 2 rings (SSSR count). The number of allylic oxidation sites excluding steroid dienone is 1. The van der Waals surface area contributed by atoms with Gasteiger partial charge in [-0.05, 0) is 12.1 Å². The summed E-state index contributed by atoms with van der Waals surface area (Å²) in [6.45, 7) is 5.14. The molecule has 0 saturated carbocycles. The number of nitrogens with zero attached hydrogens (tertiary/aromatic N) is 2. The zero-order valence-corrected chi connectivity index (χ0v) is 12.6. The van der Waals surface area contributed by atoms with Crippen molar-refractivity contribution in [3.63, 3.8) is 0 Å². The molecule has 20 heavy (non-hydrogen) atoms. The summed E-state index contributed by atoms with van der Waals surface area (Å²) in [7, 11) is 0. The number of alkyl halides is 1. The Labute approximate surface area is 125 Å². The first-order valence-corrected chi connectivity index (χ1v) is 6.85. The number of carbonyl (C=O) groups excluding carboxylic acids is 1. The predicted molar refractivity (Wildman–Crippen MR) is 82.9 cm³/mol. The maximum absolute atomic E-state index is 10.6. The highest BCUT2D eigenvalue weighted by Gasteiger charge is 2.01. The minimum atomic E-state index is 0.0376. The van der Waals surface area contributed by atoms with E-state index in [9.17, 15) is 4.79 Å². The fourth-order valence-electron chi connectivity index (χ4n) is 1.28. The van der Waals surface area contributed by atoms with E-state index in [0.717, 1.165) is 12.1 Å². The minimum absolute atomic E-state index is 0.0376. The van der Waals surface area contributed by atoms with Crippen molar-refractivity contribution in [2.75, 3.05) is 6.38 Å². The van der Waals surface area contributed by atoms with Crippen molar-refractivity contribution in [3.8, 4) is 0 Å². The van der Waals surface area contributed by atoms with Crippen molar-refractivity contribution in [1.82, 2.24) is 4.98 Å². The lowest BCUT2D eigenvalue weighted by Gasteiger charge is -1.90. The smallest absolute Gasteiger partial charge is 0.261 e. The van der Waals surface area contributed by atoms with Gasteiger partial charge in [-0.1, -0.05) is 18.2 Å². The highest BCUT2D eigenvalue weighted by atomic mass is 35.5. The van der Waals surface area contributed by atoms with Crippen molar-refractivity contribution in [1.29, 1.82) is 0 Å². The Balaban J connectivity index is 0.000000321. The fraction of sp³-hybridized carbons (Fsp3) is 0.188. The van der Waals surface area contributed by atoms with Crippen LogP contribution in [0.4, 0.5) is 0 Å². The van der Waals surface area contributed by atoms with Crippen LogP contribution in [0, 0.1) is 0 Å². The van der Waals surface area contributed by atoms with Crippen LogP contribution in [0.1, 0.15) is 17.4 Å². The van der Waals surface area contributed by atoms with E-state index in [0.29, 0.717) is 0 Å². The number of aromatic nitrogens is 2. The molecule has 0 fully saturated rings. The van der Waals surface area contributed by atoms with E-state index in [4.69, 9.17) is 0 Å². The normalized spacial score (nSPS) is 8.35. The fourth-order valence-corrected chi connectivity index (χ4v) is 1.28. The van der Waals surface area contributed by atoms with Crippen LogP contribution in [0.5, 0.6) is 0 Å². The molecule has 0 unspecified atom stereocenters. The summed E-state index contributed by atoms with van der Waals surface area (Å²) < 4.78 is 1.53. The molecular formula is C16H20ClN2O+. The zero-order valence-electron chi connectivity index (χ0n) is 11.9. The molecule has 0 atom stereocenters. The maximum atomic E-state index is 10.6. The number of hydrogen-bond donors (Lipinski definition) is 0. The van der Waals surface area contributed by atoms with Gasteiger partial charge in [0.05, 0.1) is 6.92 Å². The third-order valence-corrected chi connectivity index (χ3v) is 2.16. The standard InChI is InChI=1S/C8H9N.C7H8NO.CH3Cl/c1-2-5-8-6-3-4-7-9-8;1-7(9)8-5-3-2-4-6-8;1-2/h2-4,6-7H,1,5H2;2-6H,1H3;1H3/q;+1;. The van der Waals surface area contributed by atoms with Crippen molar-refractivity contribution < 1.29 is 9.36 Å². The third kappa shape index (κ3) is 8.16. The molecule has 0 saturated heterocycles. The molecule has 0 N–H and O–H groups in total. The van der Waals surface area contributed by atoms with Gasteiger partial charge in [0.15, 0.2) is 12.4 Å². The molecule has 0 aliphatic carbocycles. The average molecular weight is 292 g/mol. The Kier molecular flexibility index (Phi) is 10.8. The van der Waals surface area contributed by atoms with Crippen molar-refractivity contribution >= 4 is 17.5 Å². The van der Waals surface area contributed by atoms with Gasteiger partial charge in [-0.2, -0.15) is 0 Å². The molecule has 0 aromatic carbocycles. The molecular weight excluding hydrogens is 272 g/mol. The van der Waals surface area contributed by atoms with Crippen molar-refractivity contribution in [2.24, 2.45) is 0 Å². The monoisotopic (exact) mass is 291 g/mol. The highest BCUT2D eigenvalue weighted by Crippen LogP contribution is 1.93. The molecule has 106 valence electrons. The van der Waals surface area contributed by atoms with E-state index in [2.05, 4.69) is 23.2 Å². The summed E-state index contributed by atoms with van der Waals surface area (Å²) in [5.41, 5.74) is 1.08. The van der Waals surface area contributed by atoms with E-state index in [1.54, 1.807) is 18.6 Å². The third-order valence-electron chi connectivity index (χ3n) is 2.16. The van der Waals surface area contributed by atoms with Crippen LogP contribution in [-0.2, 0) is 6.42 Å². The van der Waals surface area contributed by atoms with Crippen LogP contribution >= 0.6 is 11.6 Å². The molecule has 2 aromatic heterocycles. The van der Waals surface area contributed by atoms with Gasteiger partial charge in [0.1, 0.15) is 0 Å². The summed E-state index contributed by atoms with van der Waals surface area (Å²) in [6.07, 6.45) is 9.42. The Morgan fingerprint density at radius 1 is 1.25 bits per heavy atom. The lowest BCUT2D eigenvalue weighted by Crippen LogP contribution is -2.38. The van der Waals surface area contributed by atoms with E-state index < -0.39 is 0 Å². The quantitative estimate of drug-likeness (QED) is 0.483. The Morgan fingerprint density at radius 2 is 1.90 bits per heavy atom. The average Bonchev–Trinajstić information content (AvgIpc) is 2.52. The Bertz CT molecular complexity index is 486. The summed E-state index contributed by atoms with van der Waals surface area (Å²) in [5, 5.41) is 0. The first-order valence-electron chi connectivity index (χ1n) is 6.10. The molecule has 0 aliphatic heterocycles. The lowest BCUT2D eigenvalue weighted by molar-refractivity contribution is -0.572. The number of hydrogen-bond acceptors (Lipinski definition) is 2. The second-order valence-corrected chi connectivity index (χ2v) is 3.62. The van der Waals surface area contributed by atoms with E-state index in [-0.39, 0.29) is 5.91 Å². The Hall–Kier alpha value is -2.00. The van der Waals surface area contributed by atoms with Crippen LogP contribution in [0.15, 0.2) is 67.6 Å². The first kappa shape index (κ1) is 18.0. The van der Waals surface area contributed by atoms with Gasteiger partial charge in [-0.15, -0.1) is 22.7 Å². The van der Waals surface area contributed by atoms with Crippen LogP contribution in [-0.4, -0.2) is 17.3 Å². The summed E-state index contributed by atoms with van der Waals surface area (Å²) in [6, 6.07) is 11.4. The van der Waals surface area contributed by atoms with E-state index >= 15 is 0 Å². The molecule has 0 bridgehead atoms. The number of pyridine rings is 2. The molecule has 3 nitrogen and oxygen atoms in total. The molecule has 2 aromatic rings. The minimum Gasteiger partial charge on any atom is -0.261 e. The second kappa shape index (κ2) is 12.1. The molecule has 0 spiro atoms. The summed E-state index contributed by atoms with van der Waals surface area (Å²) >= 11 is 4.64. The lowest BCUT2D eigenvalue weighted by atomic mass is 10.3. The largest absolute Gasteiger partial charge is 0.389 e. The molecule has 0 radical (unpaired) electrons. The molecule has 0 aliphatic rings. The zero-order chi connectivity index (χ0) is 15.2. The van der Waals surface area contributed by atoms with Gasteiger partial charge in [0.25, 0.3) is 0 Å². The first-order chi connectivity index (χ1) is 9.74. The summed E-state index contributed by atoms with van der Waals surface area (Å²) in [4.78, 5) is 14.7. The van der Waals surface area contributed by atoms with E-state index in [1.165, 1.54) is 17.9 Å². The van der Waals surface area contributed by atoms with Gasteiger partial charge >= 0.3 is 5.91 Å². The van der Waals surface area contributed by atoms with Crippen LogP contribution in [0.25, 0.3) is 0 Å². The predicted octanol–water partition coefficient (Wildman–Crippen LogP) is 3.30. The van der Waals surface area contributed by atoms with Gasteiger partial charge < -0.3 is 0 Å². The summed E-state index contributed by atoms with van der Waals surface area (Å²) in [5.74, 6) is 0.0376. The van der Waals surface area contributed by atoms with Crippen molar-refractivity contribution in [2.45, 2.75) is 13.3 Å². The maximum Gasteiger partial charge on any atom is 0.389 e. The molecule has 2 heterocycles. The van der Waals surface area contributed by atoms with Crippen LogP contribution < -0.4 is 4.57 Å². The highest BCUT2D eigenvalue weighted by molar-refractivity contribution is 6.15. The molecule has 4 heteroatoms. The number of halogens is 1. The van der Waals surface area contributed by atoms with Gasteiger partial charge in [-0.3, -0.25) is 4.98 Å².